The van der Waals surface area contributed by atoms with E-state index in [2.05, 4.69) is 5.32 Å². The molecule has 7 nitrogen and oxygen atoms in total. The fourth-order valence-electron chi connectivity index (χ4n) is 4.59. The van der Waals surface area contributed by atoms with Gasteiger partial charge in [0, 0.05) is 11.3 Å². The molecule has 0 aromatic heterocycles. The minimum absolute atomic E-state index is 0.0738. The fraction of sp³-hybridized carbons (Fsp3) is 0.161. The molecule has 1 heterocycles. The van der Waals surface area contributed by atoms with Crippen molar-refractivity contribution in [2.45, 2.75) is 19.7 Å². The van der Waals surface area contributed by atoms with Gasteiger partial charge in [0.15, 0.2) is 0 Å². The van der Waals surface area contributed by atoms with E-state index >= 15 is 0 Å². The molecule has 0 fully saturated rings. The molecule has 4 aromatic rings. The van der Waals surface area contributed by atoms with Gasteiger partial charge in [0.05, 0.1) is 25.0 Å². The minimum atomic E-state index is -0.708. The SMILES string of the molecule is CCOC(=O)c1ccccc1OCc1cc(C2Nc3ccccc3C(=O)N2c2ccccc2F)ccc1OC. The van der Waals surface area contributed by atoms with Gasteiger partial charge < -0.3 is 19.5 Å². The number of amides is 1. The van der Waals surface area contributed by atoms with Gasteiger partial charge in [-0.1, -0.05) is 42.5 Å². The summed E-state index contributed by atoms with van der Waals surface area (Å²) in [5, 5.41) is 3.39. The number of rotatable bonds is 8. The number of benzene rings is 4. The van der Waals surface area contributed by atoms with Crippen molar-refractivity contribution < 1.29 is 28.2 Å². The maximum absolute atomic E-state index is 15.0. The average Bonchev–Trinajstić information content (AvgIpc) is 2.97. The first kappa shape index (κ1) is 25.8. The minimum Gasteiger partial charge on any atom is -0.496 e. The first-order valence-corrected chi connectivity index (χ1v) is 12.5. The van der Waals surface area contributed by atoms with Crippen molar-refractivity contribution in [2.24, 2.45) is 0 Å². The van der Waals surface area contributed by atoms with Gasteiger partial charge in [-0.3, -0.25) is 9.69 Å². The Bertz CT molecular complexity index is 1520. The van der Waals surface area contributed by atoms with Crippen molar-refractivity contribution >= 4 is 23.3 Å². The first-order valence-electron chi connectivity index (χ1n) is 12.5. The van der Waals surface area contributed by atoms with Crippen LogP contribution in [0.2, 0.25) is 0 Å². The van der Waals surface area contributed by atoms with Crippen LogP contribution >= 0.6 is 0 Å². The van der Waals surface area contributed by atoms with Crippen LogP contribution in [0.3, 0.4) is 0 Å². The Morgan fingerprint density at radius 1 is 0.949 bits per heavy atom. The zero-order valence-electron chi connectivity index (χ0n) is 21.5. The summed E-state index contributed by atoms with van der Waals surface area (Å²) in [5.74, 6) is -0.373. The highest BCUT2D eigenvalue weighted by Crippen LogP contribution is 2.39. The third-order valence-electron chi connectivity index (χ3n) is 6.42. The average molecular weight is 527 g/mol. The lowest BCUT2D eigenvalue weighted by Gasteiger charge is -2.38. The van der Waals surface area contributed by atoms with Crippen LogP contribution in [0.25, 0.3) is 0 Å². The Kier molecular flexibility index (Phi) is 7.45. The number of fused-ring (bicyclic) bond motifs is 1. The van der Waals surface area contributed by atoms with Gasteiger partial charge in [-0.25, -0.2) is 9.18 Å². The lowest BCUT2D eigenvalue weighted by atomic mass is 10.0. The van der Waals surface area contributed by atoms with E-state index in [0.717, 1.165) is 0 Å². The number of methoxy groups -OCH3 is 1. The smallest absolute Gasteiger partial charge is 0.341 e. The predicted molar refractivity (Wildman–Crippen MR) is 146 cm³/mol. The van der Waals surface area contributed by atoms with Crippen LogP contribution in [0.15, 0.2) is 91.0 Å². The number of para-hydroxylation sites is 3. The molecular weight excluding hydrogens is 499 g/mol. The van der Waals surface area contributed by atoms with Gasteiger partial charge in [0.2, 0.25) is 0 Å². The normalized spacial score (nSPS) is 14.3. The molecule has 8 heteroatoms. The molecule has 1 aliphatic rings. The van der Waals surface area contributed by atoms with Gasteiger partial charge in [-0.05, 0) is 61.0 Å². The molecule has 5 rings (SSSR count). The number of ether oxygens (including phenoxy) is 3. The summed E-state index contributed by atoms with van der Waals surface area (Å²) in [7, 11) is 1.55. The van der Waals surface area contributed by atoms with Gasteiger partial charge >= 0.3 is 5.97 Å². The van der Waals surface area contributed by atoms with E-state index in [1.807, 2.05) is 24.3 Å². The van der Waals surface area contributed by atoms with E-state index in [0.29, 0.717) is 39.4 Å². The van der Waals surface area contributed by atoms with Gasteiger partial charge in [0.25, 0.3) is 5.91 Å². The van der Waals surface area contributed by atoms with Crippen molar-refractivity contribution in [1.29, 1.82) is 0 Å². The van der Waals surface area contributed by atoms with Crippen LogP contribution in [0.4, 0.5) is 15.8 Å². The molecule has 1 N–H and O–H groups in total. The molecule has 1 aliphatic heterocycles. The van der Waals surface area contributed by atoms with E-state index in [4.69, 9.17) is 14.2 Å². The Labute approximate surface area is 225 Å². The van der Waals surface area contributed by atoms with Crippen LogP contribution in [-0.4, -0.2) is 25.6 Å². The predicted octanol–water partition coefficient (Wildman–Crippen LogP) is 6.36. The fourth-order valence-corrected chi connectivity index (χ4v) is 4.59. The number of carbonyl (C=O) groups excluding carboxylic acids is 2. The molecule has 0 spiro atoms. The van der Waals surface area contributed by atoms with Crippen LogP contribution < -0.4 is 19.7 Å². The Morgan fingerprint density at radius 2 is 1.69 bits per heavy atom. The monoisotopic (exact) mass is 526 g/mol. The molecule has 1 unspecified atom stereocenters. The highest BCUT2D eigenvalue weighted by atomic mass is 19.1. The third kappa shape index (κ3) is 5.13. The highest BCUT2D eigenvalue weighted by molar-refractivity contribution is 6.12. The number of nitrogens with zero attached hydrogens (tertiary/aromatic N) is 1. The number of hydrogen-bond acceptors (Lipinski definition) is 6. The summed E-state index contributed by atoms with van der Waals surface area (Å²) in [6, 6.07) is 25.6. The van der Waals surface area contributed by atoms with Crippen molar-refractivity contribution in [2.75, 3.05) is 23.9 Å². The number of carbonyl (C=O) groups is 2. The first-order chi connectivity index (χ1) is 19.0. The highest BCUT2D eigenvalue weighted by Gasteiger charge is 2.35. The standard InChI is InChI=1S/C31H27FN2O5/c1-3-38-31(36)23-11-5-9-15-28(23)39-19-21-18-20(16-17-27(21)37-2)29-33-25-13-7-4-10-22(25)30(35)34(29)26-14-8-6-12-24(26)32/h4-18,29,33H,3,19H2,1-2H3. The Hall–Kier alpha value is -4.85. The maximum Gasteiger partial charge on any atom is 0.341 e. The molecule has 0 aliphatic carbocycles. The van der Waals surface area contributed by atoms with Crippen LogP contribution in [-0.2, 0) is 11.3 Å². The summed E-state index contributed by atoms with van der Waals surface area (Å²) in [6.45, 7) is 2.06. The molecule has 0 radical (unpaired) electrons. The lowest BCUT2D eigenvalue weighted by Crippen LogP contribution is -2.43. The van der Waals surface area contributed by atoms with Crippen LogP contribution in [0.1, 0.15) is 44.9 Å². The summed E-state index contributed by atoms with van der Waals surface area (Å²) in [4.78, 5) is 27.5. The van der Waals surface area contributed by atoms with E-state index < -0.39 is 18.0 Å². The summed E-state index contributed by atoms with van der Waals surface area (Å²) in [6.07, 6.45) is -0.708. The molecule has 39 heavy (non-hydrogen) atoms. The quantitative estimate of drug-likeness (QED) is 0.269. The largest absolute Gasteiger partial charge is 0.496 e. The zero-order valence-corrected chi connectivity index (χ0v) is 21.5. The Balaban J connectivity index is 1.52. The topological polar surface area (TPSA) is 77.1 Å². The van der Waals surface area contributed by atoms with E-state index in [1.54, 1.807) is 74.7 Å². The van der Waals surface area contributed by atoms with E-state index in [-0.39, 0.29) is 24.8 Å². The van der Waals surface area contributed by atoms with Crippen molar-refractivity contribution in [1.82, 2.24) is 0 Å². The molecule has 1 amide bonds. The van der Waals surface area contributed by atoms with Gasteiger partial charge in [-0.15, -0.1) is 0 Å². The number of nitrogens with one attached hydrogen (secondary N) is 1. The molecule has 0 bridgehead atoms. The molecule has 0 saturated heterocycles. The van der Waals surface area contributed by atoms with Crippen LogP contribution in [0.5, 0.6) is 11.5 Å². The van der Waals surface area contributed by atoms with E-state index in [9.17, 15) is 14.0 Å². The van der Waals surface area contributed by atoms with E-state index in [1.165, 1.54) is 11.0 Å². The Morgan fingerprint density at radius 3 is 2.49 bits per heavy atom. The second kappa shape index (κ2) is 11.3. The van der Waals surface area contributed by atoms with Gasteiger partial charge in [0.1, 0.15) is 35.7 Å². The van der Waals surface area contributed by atoms with Crippen molar-refractivity contribution in [3.05, 3.63) is 119 Å². The molecular formula is C31H27FN2O5. The number of esters is 1. The lowest BCUT2D eigenvalue weighted by molar-refractivity contribution is 0.0521. The number of halogens is 1. The maximum atomic E-state index is 15.0. The molecule has 4 aromatic carbocycles. The summed E-state index contributed by atoms with van der Waals surface area (Å²) >= 11 is 0. The second-order valence-corrected chi connectivity index (χ2v) is 8.80. The summed E-state index contributed by atoms with van der Waals surface area (Å²) < 4.78 is 31.7. The van der Waals surface area contributed by atoms with Crippen molar-refractivity contribution in [3.8, 4) is 11.5 Å². The molecule has 0 saturated carbocycles. The molecule has 198 valence electrons. The van der Waals surface area contributed by atoms with Crippen LogP contribution in [0, 0.1) is 5.82 Å². The zero-order chi connectivity index (χ0) is 27.4. The van der Waals surface area contributed by atoms with Gasteiger partial charge in [-0.2, -0.15) is 0 Å². The van der Waals surface area contributed by atoms with Crippen molar-refractivity contribution in [3.63, 3.8) is 0 Å². The number of hydrogen-bond donors (Lipinski definition) is 1. The summed E-state index contributed by atoms with van der Waals surface area (Å²) in [5.41, 5.74) is 2.94. The molecule has 1 atom stereocenters. The third-order valence-corrected chi connectivity index (χ3v) is 6.42. The second-order valence-electron chi connectivity index (χ2n) is 8.80. The number of anilines is 2.